The second-order valence-electron chi connectivity index (χ2n) is 5.64. The number of hydrogen-bond donors (Lipinski definition) is 1. The lowest BCUT2D eigenvalue weighted by atomic mass is 9.97. The van der Waals surface area contributed by atoms with E-state index in [1.54, 1.807) is 0 Å². The minimum Gasteiger partial charge on any atom is -0.381 e. The summed E-state index contributed by atoms with van der Waals surface area (Å²) in [6.07, 6.45) is 3.96. The molecule has 104 valence electrons. The van der Waals surface area contributed by atoms with Crippen molar-refractivity contribution in [2.24, 2.45) is 5.92 Å². The molecule has 0 bridgehead atoms. The monoisotopic (exact) mass is 266 g/mol. The summed E-state index contributed by atoms with van der Waals surface area (Å²) < 4.78 is 5.16. The van der Waals surface area contributed by atoms with Crippen LogP contribution in [0.15, 0.2) is 0 Å². The van der Waals surface area contributed by atoms with Crippen LogP contribution in [-0.2, 0) is 14.3 Å². The lowest BCUT2D eigenvalue weighted by Gasteiger charge is -2.20. The summed E-state index contributed by atoms with van der Waals surface area (Å²) in [6, 6.07) is -0.417. The Labute approximate surface area is 111 Å². The minimum atomic E-state index is -0.719. The molecule has 1 aliphatic carbocycles. The number of nitrogens with zero attached hydrogens (tertiary/aromatic N) is 1. The molecule has 0 aromatic heterocycles. The number of carbonyl (C=O) groups excluding carboxylic acids is 3. The van der Waals surface area contributed by atoms with Gasteiger partial charge in [-0.25, -0.2) is 4.79 Å². The second-order valence-corrected chi connectivity index (χ2v) is 5.64. The first-order valence-electron chi connectivity index (χ1n) is 6.87. The molecule has 3 fully saturated rings. The number of nitrogens with one attached hydrogen (secondary N) is 1. The van der Waals surface area contributed by atoms with Crippen LogP contribution in [0.5, 0.6) is 0 Å². The molecule has 1 unspecified atom stereocenters. The van der Waals surface area contributed by atoms with Gasteiger partial charge < -0.3 is 10.1 Å². The number of rotatable bonds is 3. The molecule has 1 atom stereocenters. The summed E-state index contributed by atoms with van der Waals surface area (Å²) >= 11 is 0. The van der Waals surface area contributed by atoms with Crippen LogP contribution in [0.1, 0.15) is 32.1 Å². The van der Waals surface area contributed by atoms with Crippen LogP contribution < -0.4 is 5.32 Å². The van der Waals surface area contributed by atoms with Crippen LogP contribution in [0.2, 0.25) is 0 Å². The van der Waals surface area contributed by atoms with Crippen LogP contribution in [0.25, 0.3) is 0 Å². The quantitative estimate of drug-likeness (QED) is 0.753. The van der Waals surface area contributed by atoms with Crippen molar-refractivity contribution in [3.63, 3.8) is 0 Å². The fraction of sp³-hybridized carbons (Fsp3) is 0.769. The number of imide groups is 1. The smallest absolute Gasteiger partial charge is 0.325 e. The van der Waals surface area contributed by atoms with E-state index < -0.39 is 11.6 Å². The van der Waals surface area contributed by atoms with Crippen LogP contribution in [-0.4, -0.2) is 47.9 Å². The van der Waals surface area contributed by atoms with Gasteiger partial charge in [0.05, 0.1) is 13.2 Å². The van der Waals surface area contributed by atoms with Crippen LogP contribution in [0, 0.1) is 5.92 Å². The Balaban J connectivity index is 1.69. The number of Topliss-reactive ketones (excluding diaryl/α,β-unsaturated/α-hetero) is 1. The third-order valence-electron chi connectivity index (χ3n) is 4.40. The van der Waals surface area contributed by atoms with Crippen LogP contribution in [0.4, 0.5) is 4.79 Å². The van der Waals surface area contributed by atoms with Gasteiger partial charge in [-0.05, 0) is 19.3 Å². The molecule has 2 heterocycles. The first-order valence-corrected chi connectivity index (χ1v) is 6.87. The molecule has 0 radical (unpaired) electrons. The molecule has 0 aromatic carbocycles. The van der Waals surface area contributed by atoms with Crippen LogP contribution in [0.3, 0.4) is 0 Å². The van der Waals surface area contributed by atoms with E-state index in [9.17, 15) is 14.4 Å². The zero-order valence-electron chi connectivity index (χ0n) is 10.8. The molecule has 3 amide bonds. The molecule has 3 aliphatic rings. The predicted molar refractivity (Wildman–Crippen MR) is 65.4 cm³/mol. The Morgan fingerprint density at radius 3 is 2.74 bits per heavy atom. The highest BCUT2D eigenvalue weighted by molar-refractivity contribution is 6.09. The van der Waals surface area contributed by atoms with Crippen molar-refractivity contribution in [1.82, 2.24) is 10.2 Å². The maximum atomic E-state index is 12.3. The lowest BCUT2D eigenvalue weighted by Crippen LogP contribution is -2.44. The van der Waals surface area contributed by atoms with E-state index in [-0.39, 0.29) is 24.2 Å². The minimum absolute atomic E-state index is 0.0731. The average molecular weight is 266 g/mol. The third kappa shape index (κ3) is 2.04. The van der Waals surface area contributed by atoms with E-state index in [0.29, 0.717) is 32.5 Å². The van der Waals surface area contributed by atoms with Crippen molar-refractivity contribution < 1.29 is 19.1 Å². The average Bonchev–Trinajstić information content (AvgIpc) is 3.08. The van der Waals surface area contributed by atoms with Gasteiger partial charge in [0, 0.05) is 12.5 Å². The Morgan fingerprint density at radius 1 is 1.37 bits per heavy atom. The van der Waals surface area contributed by atoms with Gasteiger partial charge in [-0.1, -0.05) is 12.8 Å². The third-order valence-corrected chi connectivity index (χ3v) is 4.40. The molecule has 3 rings (SSSR count). The number of ketones is 1. The summed E-state index contributed by atoms with van der Waals surface area (Å²) in [5, 5.41) is 2.78. The lowest BCUT2D eigenvalue weighted by molar-refractivity contribution is -0.135. The van der Waals surface area contributed by atoms with E-state index in [4.69, 9.17) is 4.74 Å². The van der Waals surface area contributed by atoms with Crippen molar-refractivity contribution >= 4 is 17.7 Å². The molecule has 2 aliphatic heterocycles. The number of hydrogen-bond acceptors (Lipinski definition) is 4. The standard InChI is InChI=1S/C13H18N2O4/c16-10(9-3-6-19-8-9)7-15-11(17)13(14-12(15)18)4-1-2-5-13/h9H,1-8H2,(H,14,18). The predicted octanol–water partition coefficient (Wildman–Crippen LogP) is 0.457. The highest BCUT2D eigenvalue weighted by atomic mass is 16.5. The van der Waals surface area contributed by atoms with Gasteiger partial charge in [-0.3, -0.25) is 14.5 Å². The Bertz CT molecular complexity index is 422. The molecular formula is C13H18N2O4. The molecule has 6 nitrogen and oxygen atoms in total. The van der Waals surface area contributed by atoms with E-state index in [1.807, 2.05) is 0 Å². The van der Waals surface area contributed by atoms with Gasteiger partial charge in [0.25, 0.3) is 5.91 Å². The second kappa shape index (κ2) is 4.59. The number of ether oxygens (including phenoxy) is 1. The Hall–Kier alpha value is -1.43. The molecule has 6 heteroatoms. The highest BCUT2D eigenvalue weighted by Gasteiger charge is 2.52. The van der Waals surface area contributed by atoms with E-state index >= 15 is 0 Å². The molecule has 1 saturated carbocycles. The first kappa shape index (κ1) is 12.6. The van der Waals surface area contributed by atoms with Gasteiger partial charge >= 0.3 is 6.03 Å². The number of urea groups is 1. The molecule has 2 saturated heterocycles. The zero-order chi connectivity index (χ0) is 13.5. The van der Waals surface area contributed by atoms with Gasteiger partial charge in [0.15, 0.2) is 5.78 Å². The van der Waals surface area contributed by atoms with Crippen molar-refractivity contribution in [1.29, 1.82) is 0 Å². The normalized spacial score (nSPS) is 29.3. The van der Waals surface area contributed by atoms with Crippen molar-refractivity contribution in [2.75, 3.05) is 19.8 Å². The molecule has 1 spiro atoms. The molecular weight excluding hydrogens is 248 g/mol. The van der Waals surface area contributed by atoms with Crippen LogP contribution >= 0.6 is 0 Å². The Kier molecular flexibility index (Phi) is 3.05. The first-order chi connectivity index (χ1) is 9.12. The van der Waals surface area contributed by atoms with E-state index in [0.717, 1.165) is 17.7 Å². The van der Waals surface area contributed by atoms with Crippen molar-refractivity contribution in [3.05, 3.63) is 0 Å². The largest absolute Gasteiger partial charge is 0.381 e. The summed E-state index contributed by atoms with van der Waals surface area (Å²) in [4.78, 5) is 37.4. The summed E-state index contributed by atoms with van der Waals surface area (Å²) in [7, 11) is 0. The maximum absolute atomic E-state index is 12.3. The SMILES string of the molecule is O=C(CN1C(=O)NC2(CCCC2)C1=O)C1CCOC1. The Morgan fingerprint density at radius 2 is 2.11 bits per heavy atom. The van der Waals surface area contributed by atoms with Gasteiger partial charge in [0.1, 0.15) is 5.54 Å². The topological polar surface area (TPSA) is 75.7 Å². The van der Waals surface area contributed by atoms with E-state index in [2.05, 4.69) is 5.32 Å². The maximum Gasteiger partial charge on any atom is 0.325 e. The van der Waals surface area contributed by atoms with Crippen molar-refractivity contribution in [2.45, 2.75) is 37.6 Å². The summed E-state index contributed by atoms with van der Waals surface area (Å²) in [5.74, 6) is -0.459. The summed E-state index contributed by atoms with van der Waals surface area (Å²) in [6.45, 7) is 0.883. The summed E-state index contributed by atoms with van der Waals surface area (Å²) in [5.41, 5.74) is -0.719. The fourth-order valence-electron chi connectivity index (χ4n) is 3.21. The number of amides is 3. The van der Waals surface area contributed by atoms with Gasteiger partial charge in [-0.2, -0.15) is 0 Å². The highest BCUT2D eigenvalue weighted by Crippen LogP contribution is 2.35. The molecule has 19 heavy (non-hydrogen) atoms. The fourth-order valence-corrected chi connectivity index (χ4v) is 3.21. The van der Waals surface area contributed by atoms with E-state index in [1.165, 1.54) is 0 Å². The zero-order valence-corrected chi connectivity index (χ0v) is 10.8. The molecule has 0 aromatic rings. The van der Waals surface area contributed by atoms with Gasteiger partial charge in [0.2, 0.25) is 0 Å². The van der Waals surface area contributed by atoms with Gasteiger partial charge in [-0.15, -0.1) is 0 Å². The molecule has 1 N–H and O–H groups in total. The van der Waals surface area contributed by atoms with Crippen molar-refractivity contribution in [3.8, 4) is 0 Å². The number of carbonyl (C=O) groups is 3.